The van der Waals surface area contributed by atoms with Crippen LogP contribution in [0.15, 0.2) is 66.7 Å². The van der Waals surface area contributed by atoms with Crippen LogP contribution in [0, 0.1) is 6.92 Å². The summed E-state index contributed by atoms with van der Waals surface area (Å²) in [4.78, 5) is 12.5. The standard InChI is InChI=1S/C20H18N2O2/c1-13-6-5-9-16(10-13)24-20-17(21)11-15(12-18(20)22)19(23)14-7-3-2-4-8-14/h2-12H,21-22H2,1H3. The lowest BCUT2D eigenvalue weighted by Crippen LogP contribution is -2.05. The van der Waals surface area contributed by atoms with Crippen molar-refractivity contribution in [2.75, 3.05) is 11.5 Å². The second-order valence-electron chi connectivity index (χ2n) is 5.60. The van der Waals surface area contributed by atoms with E-state index in [0.29, 0.717) is 34.0 Å². The van der Waals surface area contributed by atoms with Crippen LogP contribution in [0.1, 0.15) is 21.5 Å². The number of rotatable bonds is 4. The molecule has 0 atom stereocenters. The number of ketones is 1. The van der Waals surface area contributed by atoms with E-state index in [2.05, 4.69) is 0 Å². The maximum absolute atomic E-state index is 12.5. The van der Waals surface area contributed by atoms with Crippen molar-refractivity contribution in [2.24, 2.45) is 0 Å². The molecule has 0 aliphatic rings. The number of ether oxygens (including phenoxy) is 1. The molecule has 3 aromatic carbocycles. The molecule has 0 unspecified atom stereocenters. The van der Waals surface area contributed by atoms with Gasteiger partial charge < -0.3 is 16.2 Å². The molecule has 0 bridgehead atoms. The van der Waals surface area contributed by atoms with Gasteiger partial charge in [-0.1, -0.05) is 42.5 Å². The van der Waals surface area contributed by atoms with Crippen molar-refractivity contribution in [2.45, 2.75) is 6.92 Å². The lowest BCUT2D eigenvalue weighted by molar-refractivity contribution is 0.103. The molecule has 0 fully saturated rings. The molecule has 0 saturated carbocycles. The first-order valence-electron chi connectivity index (χ1n) is 7.58. The molecule has 0 aromatic heterocycles. The molecule has 3 aromatic rings. The van der Waals surface area contributed by atoms with Gasteiger partial charge in [-0.25, -0.2) is 0 Å². The third kappa shape index (κ3) is 3.22. The van der Waals surface area contributed by atoms with E-state index < -0.39 is 0 Å². The van der Waals surface area contributed by atoms with Crippen molar-refractivity contribution < 1.29 is 9.53 Å². The lowest BCUT2D eigenvalue weighted by atomic mass is 10.0. The number of nitrogens with two attached hydrogens (primary N) is 2. The minimum Gasteiger partial charge on any atom is -0.453 e. The van der Waals surface area contributed by atoms with Crippen molar-refractivity contribution in [3.05, 3.63) is 83.4 Å². The molecule has 120 valence electrons. The van der Waals surface area contributed by atoms with Crippen LogP contribution in [-0.2, 0) is 0 Å². The van der Waals surface area contributed by atoms with Crippen molar-refractivity contribution in [3.8, 4) is 11.5 Å². The van der Waals surface area contributed by atoms with Crippen LogP contribution in [-0.4, -0.2) is 5.78 Å². The summed E-state index contributed by atoms with van der Waals surface area (Å²) in [5.41, 5.74) is 14.9. The molecule has 4 N–H and O–H groups in total. The first-order chi connectivity index (χ1) is 11.5. The molecule has 0 amide bonds. The molecule has 4 heteroatoms. The summed E-state index contributed by atoms with van der Waals surface area (Å²) < 4.78 is 5.80. The Balaban J connectivity index is 1.93. The highest BCUT2D eigenvalue weighted by Gasteiger charge is 2.15. The number of nitrogen functional groups attached to an aromatic ring is 2. The molecule has 0 saturated heterocycles. The Bertz CT molecular complexity index is 866. The van der Waals surface area contributed by atoms with Crippen LogP contribution < -0.4 is 16.2 Å². The van der Waals surface area contributed by atoms with E-state index in [1.807, 2.05) is 49.4 Å². The summed E-state index contributed by atoms with van der Waals surface area (Å²) in [6.45, 7) is 1.97. The minimum absolute atomic E-state index is 0.129. The second-order valence-corrected chi connectivity index (χ2v) is 5.60. The molecule has 24 heavy (non-hydrogen) atoms. The van der Waals surface area contributed by atoms with Gasteiger partial charge in [0, 0.05) is 11.1 Å². The summed E-state index contributed by atoms with van der Waals surface area (Å²) in [6, 6.07) is 19.8. The van der Waals surface area contributed by atoms with Crippen molar-refractivity contribution >= 4 is 17.2 Å². The second kappa shape index (κ2) is 6.46. The SMILES string of the molecule is Cc1cccc(Oc2c(N)cc(C(=O)c3ccccc3)cc2N)c1. The van der Waals surface area contributed by atoms with Gasteiger partial charge in [0.25, 0.3) is 0 Å². The third-order valence-electron chi connectivity index (χ3n) is 3.65. The number of anilines is 2. The fourth-order valence-electron chi connectivity index (χ4n) is 2.48. The lowest BCUT2D eigenvalue weighted by Gasteiger charge is -2.13. The van der Waals surface area contributed by atoms with E-state index in [-0.39, 0.29) is 5.78 Å². The van der Waals surface area contributed by atoms with Gasteiger partial charge in [0.1, 0.15) is 5.75 Å². The molecule has 0 radical (unpaired) electrons. The molecular weight excluding hydrogens is 300 g/mol. The van der Waals surface area contributed by atoms with Crippen LogP contribution in [0.25, 0.3) is 0 Å². The van der Waals surface area contributed by atoms with Gasteiger partial charge in [-0.15, -0.1) is 0 Å². The van der Waals surface area contributed by atoms with Gasteiger partial charge in [-0.3, -0.25) is 4.79 Å². The maximum Gasteiger partial charge on any atom is 0.193 e. The summed E-state index contributed by atoms with van der Waals surface area (Å²) in [5, 5.41) is 0. The topological polar surface area (TPSA) is 78.3 Å². The number of hydrogen-bond acceptors (Lipinski definition) is 4. The van der Waals surface area contributed by atoms with Crippen molar-refractivity contribution in [3.63, 3.8) is 0 Å². The van der Waals surface area contributed by atoms with Crippen LogP contribution >= 0.6 is 0 Å². The van der Waals surface area contributed by atoms with Gasteiger partial charge in [0.15, 0.2) is 11.5 Å². The van der Waals surface area contributed by atoms with Gasteiger partial charge >= 0.3 is 0 Å². The van der Waals surface area contributed by atoms with E-state index in [4.69, 9.17) is 16.2 Å². The van der Waals surface area contributed by atoms with Gasteiger partial charge in [-0.05, 0) is 36.8 Å². The van der Waals surface area contributed by atoms with E-state index >= 15 is 0 Å². The number of benzene rings is 3. The number of aryl methyl sites for hydroxylation is 1. The Hall–Kier alpha value is -3.27. The molecular formula is C20H18N2O2. The van der Waals surface area contributed by atoms with E-state index in [1.54, 1.807) is 24.3 Å². The van der Waals surface area contributed by atoms with E-state index in [1.165, 1.54) is 0 Å². The Morgan fingerprint density at radius 2 is 1.50 bits per heavy atom. The van der Waals surface area contributed by atoms with Crippen molar-refractivity contribution in [1.29, 1.82) is 0 Å². The highest BCUT2D eigenvalue weighted by atomic mass is 16.5. The number of hydrogen-bond donors (Lipinski definition) is 2. The van der Waals surface area contributed by atoms with Crippen molar-refractivity contribution in [1.82, 2.24) is 0 Å². The molecule has 0 aliphatic heterocycles. The Morgan fingerprint density at radius 1 is 0.833 bits per heavy atom. The average molecular weight is 318 g/mol. The van der Waals surface area contributed by atoms with E-state index in [0.717, 1.165) is 5.56 Å². The highest BCUT2D eigenvalue weighted by molar-refractivity contribution is 6.10. The number of carbonyl (C=O) groups is 1. The number of carbonyl (C=O) groups excluding carboxylic acids is 1. The van der Waals surface area contributed by atoms with E-state index in [9.17, 15) is 4.79 Å². The fraction of sp³-hybridized carbons (Fsp3) is 0.0500. The zero-order valence-corrected chi connectivity index (χ0v) is 13.3. The zero-order valence-electron chi connectivity index (χ0n) is 13.3. The summed E-state index contributed by atoms with van der Waals surface area (Å²) in [6.07, 6.45) is 0. The minimum atomic E-state index is -0.129. The summed E-state index contributed by atoms with van der Waals surface area (Å²) >= 11 is 0. The largest absolute Gasteiger partial charge is 0.453 e. The molecule has 0 aliphatic carbocycles. The van der Waals surface area contributed by atoms with Gasteiger partial charge in [0.05, 0.1) is 11.4 Å². The molecule has 0 heterocycles. The van der Waals surface area contributed by atoms with Crippen LogP contribution in [0.2, 0.25) is 0 Å². The summed E-state index contributed by atoms with van der Waals surface area (Å²) in [5.74, 6) is 0.886. The van der Waals surface area contributed by atoms with Crippen LogP contribution in [0.5, 0.6) is 11.5 Å². The quantitative estimate of drug-likeness (QED) is 0.558. The Morgan fingerprint density at radius 3 is 2.12 bits per heavy atom. The van der Waals surface area contributed by atoms with Crippen LogP contribution in [0.3, 0.4) is 0 Å². The highest BCUT2D eigenvalue weighted by Crippen LogP contribution is 2.35. The molecule has 3 rings (SSSR count). The maximum atomic E-state index is 12.5. The first kappa shape index (κ1) is 15.6. The van der Waals surface area contributed by atoms with Crippen LogP contribution in [0.4, 0.5) is 11.4 Å². The normalized spacial score (nSPS) is 10.4. The monoisotopic (exact) mass is 318 g/mol. The molecule has 4 nitrogen and oxygen atoms in total. The fourth-order valence-corrected chi connectivity index (χ4v) is 2.48. The first-order valence-corrected chi connectivity index (χ1v) is 7.58. The summed E-state index contributed by atoms with van der Waals surface area (Å²) in [7, 11) is 0. The Labute approximate surface area is 140 Å². The Kier molecular flexibility index (Phi) is 4.20. The predicted octanol–water partition coefficient (Wildman–Crippen LogP) is 4.18. The van der Waals surface area contributed by atoms with Gasteiger partial charge in [-0.2, -0.15) is 0 Å². The zero-order chi connectivity index (χ0) is 17.1. The predicted molar refractivity (Wildman–Crippen MR) is 96.4 cm³/mol. The third-order valence-corrected chi connectivity index (χ3v) is 3.65. The van der Waals surface area contributed by atoms with Gasteiger partial charge in [0.2, 0.25) is 0 Å². The average Bonchev–Trinajstić information content (AvgIpc) is 2.58. The molecule has 0 spiro atoms. The smallest absolute Gasteiger partial charge is 0.193 e.